The maximum atomic E-state index is 11.1. The first-order chi connectivity index (χ1) is 5.10. The van der Waals surface area contributed by atoms with Gasteiger partial charge >= 0.3 is 8.56 Å². The lowest BCUT2D eigenvalue weighted by atomic mass is 10.7. The molecule has 0 aromatic heterocycles. The summed E-state index contributed by atoms with van der Waals surface area (Å²) in [6, 6.07) is 0. The number of carbonyl (C=O) groups is 1. The van der Waals surface area contributed by atoms with E-state index in [-0.39, 0.29) is 5.41 Å². The Hall–Kier alpha value is -0.453. The molecule has 0 N–H and O–H groups in total. The van der Waals surface area contributed by atoms with Gasteiger partial charge in [0, 0.05) is 13.7 Å². The third-order valence-corrected chi connectivity index (χ3v) is 4.16. The molecule has 0 aromatic rings. The summed E-state index contributed by atoms with van der Waals surface area (Å²) in [4.78, 5) is 11.1. The van der Waals surface area contributed by atoms with Crippen LogP contribution in [0.15, 0.2) is 12.7 Å². The minimum Gasteiger partial charge on any atom is -0.393 e. The van der Waals surface area contributed by atoms with E-state index in [2.05, 4.69) is 6.58 Å². The van der Waals surface area contributed by atoms with E-state index in [1.807, 2.05) is 6.92 Å². The Morgan fingerprint density at radius 1 is 1.73 bits per heavy atom. The van der Waals surface area contributed by atoms with Crippen molar-refractivity contribution in [3.63, 3.8) is 0 Å². The SMILES string of the molecule is C=CC(=O)[Si](C)(OC)OCC. The standard InChI is InChI=1S/C7H14O3Si/c1-5-7(8)11(4,9-3)10-6-2/h5H,1,6H2,2-4H3. The summed E-state index contributed by atoms with van der Waals surface area (Å²) in [6.45, 7) is 7.42. The Kier molecular flexibility index (Phi) is 4.25. The molecule has 0 amide bonds. The van der Waals surface area contributed by atoms with E-state index >= 15 is 0 Å². The molecule has 64 valence electrons. The fourth-order valence-corrected chi connectivity index (χ4v) is 2.07. The van der Waals surface area contributed by atoms with Gasteiger partial charge in [-0.25, -0.2) is 0 Å². The van der Waals surface area contributed by atoms with E-state index in [9.17, 15) is 4.79 Å². The van der Waals surface area contributed by atoms with Gasteiger partial charge in [-0.05, 0) is 19.5 Å². The fraction of sp³-hybridized carbons (Fsp3) is 0.571. The highest BCUT2D eigenvalue weighted by Crippen LogP contribution is 2.07. The molecular formula is C7H14O3Si. The first-order valence-electron chi connectivity index (χ1n) is 3.46. The lowest BCUT2D eigenvalue weighted by Crippen LogP contribution is -2.45. The van der Waals surface area contributed by atoms with Gasteiger partial charge in [0.25, 0.3) is 0 Å². The first kappa shape index (κ1) is 10.5. The van der Waals surface area contributed by atoms with Gasteiger partial charge in [0.2, 0.25) is 0 Å². The van der Waals surface area contributed by atoms with Crippen LogP contribution in [-0.4, -0.2) is 27.7 Å². The minimum atomic E-state index is -2.58. The third-order valence-electron chi connectivity index (χ3n) is 1.44. The molecule has 0 radical (unpaired) electrons. The number of allylic oxidation sites excluding steroid dienone is 1. The largest absolute Gasteiger partial charge is 0.411 e. The molecule has 0 aliphatic heterocycles. The average molecular weight is 174 g/mol. The lowest BCUT2D eigenvalue weighted by Gasteiger charge is -2.20. The first-order valence-corrected chi connectivity index (χ1v) is 5.78. The average Bonchev–Trinajstić information content (AvgIpc) is 2.03. The van der Waals surface area contributed by atoms with Gasteiger partial charge in [-0.2, -0.15) is 0 Å². The van der Waals surface area contributed by atoms with Crippen LogP contribution in [0.2, 0.25) is 6.55 Å². The van der Waals surface area contributed by atoms with Gasteiger partial charge in [-0.1, -0.05) is 6.58 Å². The molecule has 0 fully saturated rings. The van der Waals surface area contributed by atoms with Gasteiger partial charge in [0.05, 0.1) is 0 Å². The van der Waals surface area contributed by atoms with Crippen LogP contribution in [0, 0.1) is 0 Å². The second kappa shape index (κ2) is 4.43. The molecule has 0 aliphatic rings. The maximum Gasteiger partial charge on any atom is 0.411 e. The Balaban J connectivity index is 4.31. The minimum absolute atomic E-state index is 0.123. The van der Waals surface area contributed by atoms with Crippen LogP contribution in [0.3, 0.4) is 0 Å². The van der Waals surface area contributed by atoms with Gasteiger partial charge in [-0.15, -0.1) is 0 Å². The maximum absolute atomic E-state index is 11.1. The van der Waals surface area contributed by atoms with E-state index in [1.54, 1.807) is 6.55 Å². The van der Waals surface area contributed by atoms with E-state index in [4.69, 9.17) is 8.85 Å². The van der Waals surface area contributed by atoms with Crippen LogP contribution in [0.4, 0.5) is 0 Å². The Labute approximate surface area is 68.3 Å². The highest BCUT2D eigenvalue weighted by molar-refractivity contribution is 6.97. The van der Waals surface area contributed by atoms with Crippen molar-refractivity contribution in [2.75, 3.05) is 13.7 Å². The molecule has 1 unspecified atom stereocenters. The van der Waals surface area contributed by atoms with Crippen molar-refractivity contribution < 1.29 is 13.6 Å². The van der Waals surface area contributed by atoms with Gasteiger partial charge in [0.1, 0.15) is 0 Å². The Morgan fingerprint density at radius 2 is 2.27 bits per heavy atom. The Bertz CT molecular complexity index is 158. The summed E-state index contributed by atoms with van der Waals surface area (Å²) in [5.74, 6) is 0. The molecule has 0 bridgehead atoms. The van der Waals surface area contributed by atoms with Crippen LogP contribution < -0.4 is 0 Å². The van der Waals surface area contributed by atoms with Crippen molar-refractivity contribution in [2.45, 2.75) is 13.5 Å². The van der Waals surface area contributed by atoms with Crippen LogP contribution in [0.25, 0.3) is 0 Å². The third kappa shape index (κ3) is 2.57. The lowest BCUT2D eigenvalue weighted by molar-refractivity contribution is -0.111. The summed E-state index contributed by atoms with van der Waals surface area (Å²) < 4.78 is 10.3. The van der Waals surface area contributed by atoms with Crippen LogP contribution in [0.5, 0.6) is 0 Å². The van der Waals surface area contributed by atoms with Crippen molar-refractivity contribution in [1.82, 2.24) is 0 Å². The molecular weight excluding hydrogens is 160 g/mol. The zero-order valence-electron chi connectivity index (χ0n) is 7.22. The number of rotatable bonds is 5. The summed E-state index contributed by atoms with van der Waals surface area (Å²) in [7, 11) is -1.09. The van der Waals surface area contributed by atoms with E-state index < -0.39 is 8.56 Å². The summed E-state index contributed by atoms with van der Waals surface area (Å²) in [5.41, 5.74) is 0. The molecule has 11 heavy (non-hydrogen) atoms. The molecule has 0 heterocycles. The Morgan fingerprint density at radius 3 is 2.55 bits per heavy atom. The molecule has 0 saturated heterocycles. The molecule has 0 aromatic carbocycles. The van der Waals surface area contributed by atoms with Crippen molar-refractivity contribution in [3.8, 4) is 0 Å². The van der Waals surface area contributed by atoms with Gasteiger partial charge < -0.3 is 8.85 Å². The number of hydrogen-bond acceptors (Lipinski definition) is 3. The predicted molar refractivity (Wildman–Crippen MR) is 45.5 cm³/mol. The van der Waals surface area contributed by atoms with Crippen molar-refractivity contribution in [1.29, 1.82) is 0 Å². The second-order valence-electron chi connectivity index (χ2n) is 2.15. The summed E-state index contributed by atoms with van der Waals surface area (Å²) >= 11 is 0. The molecule has 0 saturated carbocycles. The van der Waals surface area contributed by atoms with Crippen LogP contribution >= 0.6 is 0 Å². The number of hydrogen-bond donors (Lipinski definition) is 0. The summed E-state index contributed by atoms with van der Waals surface area (Å²) in [5, 5.41) is -0.123. The van der Waals surface area contributed by atoms with Crippen molar-refractivity contribution >= 4 is 14.0 Å². The van der Waals surface area contributed by atoms with Crippen molar-refractivity contribution in [2.24, 2.45) is 0 Å². The number of carbonyl (C=O) groups excluding carboxylic acids is 1. The van der Waals surface area contributed by atoms with Crippen LogP contribution in [0.1, 0.15) is 6.92 Å². The van der Waals surface area contributed by atoms with Gasteiger partial charge in [0.15, 0.2) is 5.41 Å². The highest BCUT2D eigenvalue weighted by Gasteiger charge is 2.37. The highest BCUT2D eigenvalue weighted by atomic mass is 28.4. The fourth-order valence-electron chi connectivity index (χ4n) is 0.691. The zero-order chi connectivity index (χ0) is 8.91. The molecule has 1 atom stereocenters. The van der Waals surface area contributed by atoms with E-state index in [0.29, 0.717) is 6.61 Å². The van der Waals surface area contributed by atoms with Crippen LogP contribution in [-0.2, 0) is 13.6 Å². The molecule has 0 rings (SSSR count). The molecule has 3 nitrogen and oxygen atoms in total. The molecule has 4 heteroatoms. The second-order valence-corrected chi connectivity index (χ2v) is 5.23. The predicted octanol–water partition coefficient (Wildman–Crippen LogP) is 1.04. The van der Waals surface area contributed by atoms with Gasteiger partial charge in [-0.3, -0.25) is 4.79 Å². The van der Waals surface area contributed by atoms with E-state index in [1.165, 1.54) is 13.2 Å². The quantitative estimate of drug-likeness (QED) is 0.461. The molecule has 0 aliphatic carbocycles. The van der Waals surface area contributed by atoms with E-state index in [0.717, 1.165) is 0 Å². The van der Waals surface area contributed by atoms with Crippen molar-refractivity contribution in [3.05, 3.63) is 12.7 Å². The zero-order valence-corrected chi connectivity index (χ0v) is 8.22. The molecule has 0 spiro atoms. The smallest absolute Gasteiger partial charge is 0.393 e. The summed E-state index contributed by atoms with van der Waals surface area (Å²) in [6.07, 6.45) is 1.26. The normalized spacial score (nSPS) is 15.5. The monoisotopic (exact) mass is 174 g/mol. The topological polar surface area (TPSA) is 35.5 Å².